The molecule has 1 heterocycles. The number of hydrogen-bond acceptors (Lipinski definition) is 2. The molecule has 2 nitrogen and oxygen atoms in total. The van der Waals surface area contributed by atoms with E-state index in [-0.39, 0.29) is 24.0 Å². The van der Waals surface area contributed by atoms with Gasteiger partial charge in [-0.15, -0.1) is 9.80 Å². The van der Waals surface area contributed by atoms with Crippen LogP contribution in [0.25, 0.3) is 0 Å². The Morgan fingerprint density at radius 3 is 1.45 bits per heavy atom. The Morgan fingerprint density at radius 2 is 1.05 bits per heavy atom. The lowest BCUT2D eigenvalue weighted by molar-refractivity contribution is -0.00000423. The molecule has 1 radical (unpaired) electrons. The highest BCUT2D eigenvalue weighted by molar-refractivity contribution is 5.16. The van der Waals surface area contributed by atoms with Crippen molar-refractivity contribution in [1.82, 2.24) is 9.80 Å². The van der Waals surface area contributed by atoms with E-state index in [9.17, 15) is 0 Å². The van der Waals surface area contributed by atoms with Gasteiger partial charge in [0, 0.05) is 0 Å². The average Bonchev–Trinajstić information content (AvgIpc) is 3.01. The maximum Gasteiger partial charge on any atom is 0.564 e. The molecule has 0 aromatic heterocycles. The molecule has 0 N–H and O–H groups in total. The highest BCUT2D eigenvalue weighted by Crippen LogP contribution is 2.13. The smallest absolute Gasteiger partial charge is 0.564 e. The predicted molar refractivity (Wildman–Crippen MR) is 86.1 cm³/mol. The van der Waals surface area contributed by atoms with Crippen molar-refractivity contribution in [2.45, 2.75) is 12.8 Å². The van der Waals surface area contributed by atoms with E-state index >= 15 is 0 Å². The zero-order valence-corrected chi connectivity index (χ0v) is 14.7. The maximum atomic E-state index is 3.39. The van der Waals surface area contributed by atoms with Crippen molar-refractivity contribution < 1.29 is 24.0 Å². The van der Waals surface area contributed by atoms with Crippen molar-refractivity contribution in [2.75, 3.05) is 13.1 Å². The van der Waals surface area contributed by atoms with Crippen molar-refractivity contribution in [3.05, 3.63) is 90.9 Å². The normalized spacial score (nSPS) is 12.9. The fourth-order valence-corrected chi connectivity index (χ4v) is 2.43. The van der Waals surface area contributed by atoms with Crippen LogP contribution in [-0.4, -0.2) is 22.9 Å². The van der Waals surface area contributed by atoms with Gasteiger partial charge in [-0.25, -0.2) is 0 Å². The van der Waals surface area contributed by atoms with Gasteiger partial charge in [-0.1, -0.05) is 60.7 Å². The predicted octanol–water partition coefficient (Wildman–Crippen LogP) is 0.561. The van der Waals surface area contributed by atoms with Crippen LogP contribution >= 0.6 is 0 Å². The van der Waals surface area contributed by atoms with E-state index in [1.54, 1.807) is 0 Å². The third kappa shape index (κ3) is 4.98. The van der Waals surface area contributed by atoms with Crippen LogP contribution in [0.15, 0.2) is 73.1 Å². The minimum Gasteiger partial charge on any atom is -1.00 e. The third-order valence-corrected chi connectivity index (χ3v) is 3.65. The van der Waals surface area contributed by atoms with Gasteiger partial charge in [0.15, 0.2) is 0 Å². The number of hydrogen-bond donors (Lipinski definition) is 0. The van der Waals surface area contributed by atoms with E-state index in [4.69, 9.17) is 0 Å². The first-order chi connectivity index (χ1) is 10.4. The van der Waals surface area contributed by atoms with Gasteiger partial charge < -0.3 is 24.0 Å². The van der Waals surface area contributed by atoms with Gasteiger partial charge in [-0.3, -0.25) is 0 Å². The summed E-state index contributed by atoms with van der Waals surface area (Å²) in [6, 6.07) is 21.2. The van der Waals surface area contributed by atoms with Gasteiger partial charge in [0.05, 0.1) is 25.5 Å². The first-order valence-electron chi connectivity index (χ1n) is 7.46. The topological polar surface area (TPSA) is 6.48 Å². The van der Waals surface area contributed by atoms with Crippen LogP contribution in [0.4, 0.5) is 0 Å². The van der Waals surface area contributed by atoms with Crippen LogP contribution in [0.3, 0.4) is 0 Å². The lowest BCUT2D eigenvalue weighted by Crippen LogP contribution is -3.00. The molecule has 3 rings (SSSR count). The summed E-state index contributed by atoms with van der Waals surface area (Å²) >= 11 is 0. The average molecular weight is 403 g/mol. The van der Waals surface area contributed by atoms with Gasteiger partial charge >= 0.3 is 6.67 Å². The summed E-state index contributed by atoms with van der Waals surface area (Å²) in [7, 11) is 0. The van der Waals surface area contributed by atoms with E-state index < -0.39 is 0 Å². The van der Waals surface area contributed by atoms with Crippen LogP contribution in [0.5, 0.6) is 0 Å². The van der Waals surface area contributed by atoms with Gasteiger partial charge in [-0.05, 0) is 24.0 Å². The van der Waals surface area contributed by atoms with Crippen molar-refractivity contribution >= 4 is 0 Å². The van der Waals surface area contributed by atoms with E-state index in [0.717, 1.165) is 25.9 Å². The molecular formula is C19H20IN2. The monoisotopic (exact) mass is 403 g/mol. The van der Waals surface area contributed by atoms with Gasteiger partial charge in [0.25, 0.3) is 0 Å². The third-order valence-electron chi connectivity index (χ3n) is 3.65. The maximum absolute atomic E-state index is 3.39. The molecule has 0 atom stereocenters. The molecule has 0 amide bonds. The second kappa shape index (κ2) is 8.73. The molecule has 1 aliphatic heterocycles. The summed E-state index contributed by atoms with van der Waals surface area (Å²) in [5.41, 5.74) is 2.74. The van der Waals surface area contributed by atoms with E-state index in [1.807, 2.05) is 0 Å². The zero-order valence-electron chi connectivity index (χ0n) is 12.5. The van der Waals surface area contributed by atoms with Crippen LogP contribution in [0, 0.1) is 6.67 Å². The van der Waals surface area contributed by atoms with Crippen LogP contribution < -0.4 is 24.0 Å². The second-order valence-corrected chi connectivity index (χ2v) is 5.26. The quantitative estimate of drug-likeness (QED) is 0.514. The minimum absolute atomic E-state index is 0. The summed E-state index contributed by atoms with van der Waals surface area (Å²) in [6.07, 6.45) is 6.30. The Labute approximate surface area is 150 Å². The summed E-state index contributed by atoms with van der Waals surface area (Å²) in [6.45, 7) is 5.34. The molecule has 0 fully saturated rings. The molecule has 0 spiro atoms. The molecule has 3 heteroatoms. The Bertz CT molecular complexity index is 517. The molecule has 0 saturated carbocycles. The van der Waals surface area contributed by atoms with Crippen molar-refractivity contribution in [3.8, 4) is 0 Å². The summed E-state index contributed by atoms with van der Waals surface area (Å²) in [5, 5.41) is 0. The molecule has 22 heavy (non-hydrogen) atoms. The first-order valence-corrected chi connectivity index (χ1v) is 7.46. The van der Waals surface area contributed by atoms with Crippen molar-refractivity contribution in [2.24, 2.45) is 0 Å². The molecule has 1 aliphatic rings. The Morgan fingerprint density at radius 1 is 0.636 bits per heavy atom. The Balaban J connectivity index is 0.00000176. The summed E-state index contributed by atoms with van der Waals surface area (Å²) in [5.74, 6) is 0. The molecule has 2 aromatic carbocycles. The standard InChI is InChI=1S/C19H20N2.HI/c1-3-7-18(8-4-1)11-13-20-15-16-21(17-20)14-12-19-9-5-2-6-10-19;/h1-10,15-16H,11-14H2;1H/q+1;/p-1. The molecular weight excluding hydrogens is 383 g/mol. The van der Waals surface area contributed by atoms with Crippen LogP contribution in [0.1, 0.15) is 11.1 Å². The zero-order chi connectivity index (χ0) is 14.3. The number of benzene rings is 2. The lowest BCUT2D eigenvalue weighted by atomic mass is 10.1. The summed E-state index contributed by atoms with van der Waals surface area (Å²) in [4.78, 5) is 4.27. The Hall–Kier alpha value is -1.62. The van der Waals surface area contributed by atoms with Crippen LogP contribution in [0.2, 0.25) is 0 Å². The largest absolute Gasteiger partial charge is 1.00 e. The minimum atomic E-state index is 0. The fraction of sp³-hybridized carbons (Fsp3) is 0.211. The molecule has 113 valence electrons. The fourth-order valence-electron chi connectivity index (χ4n) is 2.43. The highest BCUT2D eigenvalue weighted by Gasteiger charge is 2.30. The number of nitrogens with zero attached hydrogens (tertiary/aromatic N) is 2. The molecule has 2 aromatic rings. The SMILES string of the molecule is [C+]1N(CCc2ccccc2)C=CN1CCc1ccccc1.[I-]. The number of halogens is 1. The highest BCUT2D eigenvalue weighted by atomic mass is 127. The van der Waals surface area contributed by atoms with Gasteiger partial charge in [-0.2, -0.15) is 0 Å². The van der Waals surface area contributed by atoms with Crippen LogP contribution in [-0.2, 0) is 12.8 Å². The van der Waals surface area contributed by atoms with Crippen molar-refractivity contribution in [1.29, 1.82) is 0 Å². The van der Waals surface area contributed by atoms with Gasteiger partial charge in [0.2, 0.25) is 0 Å². The van der Waals surface area contributed by atoms with E-state index in [1.165, 1.54) is 11.1 Å². The van der Waals surface area contributed by atoms with Crippen molar-refractivity contribution in [3.63, 3.8) is 0 Å². The van der Waals surface area contributed by atoms with E-state index in [2.05, 4.69) is 89.5 Å². The molecule has 0 unspecified atom stereocenters. The van der Waals surface area contributed by atoms with E-state index in [0.29, 0.717) is 0 Å². The molecule has 0 bridgehead atoms. The molecule has 0 aliphatic carbocycles. The number of rotatable bonds is 6. The lowest BCUT2D eigenvalue weighted by Gasteiger charge is -2.05. The second-order valence-electron chi connectivity index (χ2n) is 5.26. The Kier molecular flexibility index (Phi) is 6.65. The first kappa shape index (κ1) is 16.7. The van der Waals surface area contributed by atoms with Gasteiger partial charge in [0.1, 0.15) is 0 Å². The summed E-state index contributed by atoms with van der Waals surface area (Å²) < 4.78 is 0. The molecule has 0 saturated heterocycles.